The van der Waals surface area contributed by atoms with Crippen molar-refractivity contribution in [2.75, 3.05) is 4.90 Å². The van der Waals surface area contributed by atoms with Gasteiger partial charge >= 0.3 is 0 Å². The number of anilines is 1. The molecule has 0 fully saturated rings. The molecule has 0 bridgehead atoms. The van der Waals surface area contributed by atoms with Gasteiger partial charge in [-0.3, -0.25) is 14.5 Å². The maximum Gasteiger partial charge on any atom is 0.296 e. The fraction of sp³-hybridized carbons (Fsp3) is 0.0455. The molecule has 1 unspecified atom stereocenters. The van der Waals surface area contributed by atoms with E-state index in [1.54, 1.807) is 29.8 Å². The lowest BCUT2D eigenvalue weighted by atomic mass is 9.95. The van der Waals surface area contributed by atoms with Gasteiger partial charge in [0.15, 0.2) is 16.7 Å². The Morgan fingerprint density at radius 3 is 2.59 bits per heavy atom. The molecule has 1 atom stereocenters. The van der Waals surface area contributed by atoms with Crippen LogP contribution in [0.5, 0.6) is 5.75 Å². The number of carbonyl (C=O) groups is 2. The SMILES string of the molecule is O=C(C=Cc1ccccc1)C1=C(O)C(=O)N(c2nccs2)C1c1cccc(O)c1. The van der Waals surface area contributed by atoms with E-state index in [0.29, 0.717) is 10.7 Å². The molecule has 2 N–H and O–H groups in total. The number of benzene rings is 2. The third-order valence-electron chi connectivity index (χ3n) is 4.51. The van der Waals surface area contributed by atoms with E-state index in [-0.39, 0.29) is 11.3 Å². The highest BCUT2D eigenvalue weighted by Crippen LogP contribution is 2.42. The molecule has 0 aliphatic carbocycles. The van der Waals surface area contributed by atoms with E-state index in [0.717, 1.165) is 5.56 Å². The van der Waals surface area contributed by atoms with E-state index < -0.39 is 23.5 Å². The lowest BCUT2D eigenvalue weighted by Gasteiger charge is -2.24. The van der Waals surface area contributed by atoms with Crippen molar-refractivity contribution in [3.05, 3.63) is 94.7 Å². The molecule has 0 spiro atoms. The summed E-state index contributed by atoms with van der Waals surface area (Å²) in [6, 6.07) is 14.6. The number of rotatable bonds is 5. The van der Waals surface area contributed by atoms with Crippen molar-refractivity contribution in [3.63, 3.8) is 0 Å². The molecular formula is C22H16N2O4S. The molecule has 2 heterocycles. The van der Waals surface area contributed by atoms with Gasteiger partial charge < -0.3 is 10.2 Å². The van der Waals surface area contributed by atoms with E-state index in [1.807, 2.05) is 30.3 Å². The van der Waals surface area contributed by atoms with Crippen molar-refractivity contribution < 1.29 is 19.8 Å². The zero-order valence-electron chi connectivity index (χ0n) is 15.1. The molecule has 29 heavy (non-hydrogen) atoms. The van der Waals surface area contributed by atoms with Gasteiger partial charge in [-0.2, -0.15) is 0 Å². The van der Waals surface area contributed by atoms with Gasteiger partial charge in [-0.25, -0.2) is 4.98 Å². The fourth-order valence-corrected chi connectivity index (χ4v) is 3.89. The summed E-state index contributed by atoms with van der Waals surface area (Å²) in [6.07, 6.45) is 4.49. The number of hydrogen-bond donors (Lipinski definition) is 2. The Bertz CT molecular complexity index is 1120. The summed E-state index contributed by atoms with van der Waals surface area (Å²) in [4.78, 5) is 31.2. The summed E-state index contributed by atoms with van der Waals surface area (Å²) in [7, 11) is 0. The van der Waals surface area contributed by atoms with Crippen molar-refractivity contribution in [2.45, 2.75) is 6.04 Å². The first-order valence-corrected chi connectivity index (χ1v) is 9.67. The molecule has 0 saturated carbocycles. The molecule has 6 nitrogen and oxygen atoms in total. The minimum Gasteiger partial charge on any atom is -0.508 e. The Labute approximate surface area is 170 Å². The first-order valence-electron chi connectivity index (χ1n) is 8.79. The second-order valence-corrected chi connectivity index (χ2v) is 7.23. The van der Waals surface area contributed by atoms with Crippen LogP contribution in [0.2, 0.25) is 0 Å². The number of allylic oxidation sites excluding steroid dienone is 1. The Hall–Kier alpha value is -3.71. The largest absolute Gasteiger partial charge is 0.508 e. The number of ketones is 1. The number of hydrogen-bond acceptors (Lipinski definition) is 6. The first-order chi connectivity index (χ1) is 14.1. The van der Waals surface area contributed by atoms with Gasteiger partial charge in [0.1, 0.15) is 5.75 Å². The molecule has 1 aliphatic heterocycles. The lowest BCUT2D eigenvalue weighted by molar-refractivity contribution is -0.117. The molecule has 1 aromatic heterocycles. The molecule has 3 aromatic rings. The monoisotopic (exact) mass is 404 g/mol. The standard InChI is InChI=1S/C22H16N2O4S/c25-16-8-4-7-15(13-16)19-18(17(26)10-9-14-5-2-1-3-6-14)20(27)21(28)24(19)22-23-11-12-29-22/h1-13,19,25,27H. The molecule has 1 aliphatic rings. The smallest absolute Gasteiger partial charge is 0.296 e. The number of amides is 1. The fourth-order valence-electron chi connectivity index (χ4n) is 3.23. The van der Waals surface area contributed by atoms with Crippen molar-refractivity contribution in [1.82, 2.24) is 4.98 Å². The molecular weight excluding hydrogens is 388 g/mol. The number of carbonyl (C=O) groups excluding carboxylic acids is 2. The lowest BCUT2D eigenvalue weighted by Crippen LogP contribution is -2.30. The molecule has 7 heteroatoms. The van der Waals surface area contributed by atoms with E-state index in [4.69, 9.17) is 0 Å². The van der Waals surface area contributed by atoms with Crippen molar-refractivity contribution in [2.24, 2.45) is 0 Å². The highest BCUT2D eigenvalue weighted by atomic mass is 32.1. The quantitative estimate of drug-likeness (QED) is 0.627. The van der Waals surface area contributed by atoms with Crippen molar-refractivity contribution >= 4 is 34.2 Å². The van der Waals surface area contributed by atoms with Crippen LogP contribution in [0.1, 0.15) is 17.2 Å². The van der Waals surface area contributed by atoms with E-state index >= 15 is 0 Å². The average Bonchev–Trinajstić information content (AvgIpc) is 3.34. The Morgan fingerprint density at radius 2 is 1.90 bits per heavy atom. The van der Waals surface area contributed by atoms with Crippen LogP contribution in [0.3, 0.4) is 0 Å². The van der Waals surface area contributed by atoms with Crippen LogP contribution in [-0.2, 0) is 9.59 Å². The first kappa shape index (κ1) is 18.6. The number of aliphatic hydroxyl groups excluding tert-OH is 1. The number of phenols is 1. The third kappa shape index (κ3) is 3.55. The second kappa shape index (κ2) is 7.73. The summed E-state index contributed by atoms with van der Waals surface area (Å²) in [6.45, 7) is 0. The number of aromatic nitrogens is 1. The Morgan fingerprint density at radius 1 is 1.10 bits per heavy atom. The summed E-state index contributed by atoms with van der Waals surface area (Å²) in [5, 5.41) is 22.5. The van der Waals surface area contributed by atoms with Crippen LogP contribution in [-0.4, -0.2) is 26.9 Å². The molecule has 0 radical (unpaired) electrons. The topological polar surface area (TPSA) is 90.7 Å². The number of phenolic OH excluding ortho intramolecular Hbond substituents is 1. The predicted molar refractivity (Wildman–Crippen MR) is 111 cm³/mol. The number of thiazole rings is 1. The highest BCUT2D eigenvalue weighted by molar-refractivity contribution is 7.13. The Balaban J connectivity index is 1.78. The molecule has 1 amide bonds. The normalized spacial score (nSPS) is 16.8. The minimum absolute atomic E-state index is 0.00736. The molecule has 2 aromatic carbocycles. The van der Waals surface area contributed by atoms with Crippen LogP contribution in [0, 0.1) is 0 Å². The van der Waals surface area contributed by atoms with Crippen molar-refractivity contribution in [1.29, 1.82) is 0 Å². The number of aliphatic hydroxyl groups is 1. The van der Waals surface area contributed by atoms with Crippen molar-refractivity contribution in [3.8, 4) is 5.75 Å². The number of nitrogens with zero attached hydrogens (tertiary/aromatic N) is 2. The van der Waals surface area contributed by atoms with Gasteiger partial charge in [0.2, 0.25) is 0 Å². The maximum absolute atomic E-state index is 13.0. The van der Waals surface area contributed by atoms with Gasteiger partial charge in [-0.05, 0) is 29.3 Å². The van der Waals surface area contributed by atoms with Crippen LogP contribution < -0.4 is 4.90 Å². The van der Waals surface area contributed by atoms with Gasteiger partial charge in [-0.15, -0.1) is 11.3 Å². The average molecular weight is 404 g/mol. The maximum atomic E-state index is 13.0. The summed E-state index contributed by atoms with van der Waals surface area (Å²) in [5.74, 6) is -1.82. The highest BCUT2D eigenvalue weighted by Gasteiger charge is 2.44. The second-order valence-electron chi connectivity index (χ2n) is 6.36. The number of aromatic hydroxyl groups is 1. The van der Waals surface area contributed by atoms with Gasteiger partial charge in [0, 0.05) is 11.6 Å². The van der Waals surface area contributed by atoms with E-state index in [9.17, 15) is 19.8 Å². The minimum atomic E-state index is -0.895. The molecule has 144 valence electrons. The van der Waals surface area contributed by atoms with Crippen LogP contribution in [0.15, 0.2) is 83.6 Å². The molecule has 4 rings (SSSR count). The van der Waals surface area contributed by atoms with Crippen LogP contribution >= 0.6 is 11.3 Å². The van der Waals surface area contributed by atoms with Crippen LogP contribution in [0.4, 0.5) is 5.13 Å². The van der Waals surface area contributed by atoms with Gasteiger partial charge in [0.05, 0.1) is 11.6 Å². The summed E-state index contributed by atoms with van der Waals surface area (Å²) in [5.41, 5.74) is 1.26. The zero-order valence-corrected chi connectivity index (χ0v) is 15.9. The van der Waals surface area contributed by atoms with E-state index in [2.05, 4.69) is 4.98 Å². The molecule has 0 saturated heterocycles. The summed E-state index contributed by atoms with van der Waals surface area (Å²) < 4.78 is 0. The van der Waals surface area contributed by atoms with Gasteiger partial charge in [0.25, 0.3) is 5.91 Å². The van der Waals surface area contributed by atoms with E-state index in [1.165, 1.54) is 34.4 Å². The van der Waals surface area contributed by atoms with Crippen LogP contribution in [0.25, 0.3) is 6.08 Å². The Kier molecular flexibility index (Phi) is 4.97. The third-order valence-corrected chi connectivity index (χ3v) is 5.28. The predicted octanol–water partition coefficient (Wildman–Crippen LogP) is 4.03. The summed E-state index contributed by atoms with van der Waals surface area (Å²) >= 11 is 1.22. The zero-order chi connectivity index (χ0) is 20.4. The van der Waals surface area contributed by atoms with Gasteiger partial charge in [-0.1, -0.05) is 48.5 Å².